The van der Waals surface area contributed by atoms with Crippen LogP contribution in [-0.2, 0) is 20.8 Å². The molecule has 2 aromatic carbocycles. The molecule has 2 amide bonds. The van der Waals surface area contributed by atoms with Gasteiger partial charge in [0.05, 0.1) is 0 Å². The first-order chi connectivity index (χ1) is 14.5. The van der Waals surface area contributed by atoms with E-state index in [-0.39, 0.29) is 12.3 Å². The van der Waals surface area contributed by atoms with Gasteiger partial charge in [-0.2, -0.15) is 0 Å². The molecule has 2 atom stereocenters. The summed E-state index contributed by atoms with van der Waals surface area (Å²) in [7, 11) is 1.56. The highest BCUT2D eigenvalue weighted by Crippen LogP contribution is 2.20. The molecule has 1 aromatic heterocycles. The number of nitrogens with zero attached hydrogens (tertiary/aromatic N) is 1. The Hall–Kier alpha value is -3.61. The Morgan fingerprint density at radius 2 is 1.77 bits per heavy atom. The lowest BCUT2D eigenvalue weighted by atomic mass is 10.0. The van der Waals surface area contributed by atoms with Crippen LogP contribution in [0.4, 0.5) is 0 Å². The number of nitrogens with one attached hydrogen (secondary N) is 2. The average molecular weight is 407 g/mol. The van der Waals surface area contributed by atoms with E-state index in [1.807, 2.05) is 60.7 Å². The zero-order chi connectivity index (χ0) is 21.5. The van der Waals surface area contributed by atoms with Crippen molar-refractivity contribution in [2.75, 3.05) is 7.05 Å². The maximum Gasteiger partial charge on any atom is 0.326 e. The minimum atomic E-state index is -1.10. The van der Waals surface area contributed by atoms with Gasteiger partial charge in [-0.15, -0.1) is 0 Å². The number of hydrogen-bond donors (Lipinski definition) is 3. The Labute approximate surface area is 174 Å². The summed E-state index contributed by atoms with van der Waals surface area (Å²) in [5.41, 5.74) is 1.75. The standard InChI is InChI=1S/C17H19N3O4.C6H6/c1-20-14(6-7-15(20)21)16(22)19-13(17(23)24)8-10-9-18-12-5-3-2-4-11(10)12;1-2-4-6-5-3-1/h2-5,9,13-14,18H,6-8H2,1H3,(H,19,22)(H,23,24);1-6H/t13?,14-;/m1./s1. The molecule has 0 aliphatic carbocycles. The lowest BCUT2D eigenvalue weighted by Gasteiger charge is -2.22. The monoisotopic (exact) mass is 407 g/mol. The molecular formula is C23H25N3O4. The molecule has 1 aliphatic rings. The highest BCUT2D eigenvalue weighted by molar-refractivity contribution is 5.93. The second kappa shape index (κ2) is 9.73. The molecule has 7 nitrogen and oxygen atoms in total. The number of carbonyl (C=O) groups is 3. The largest absolute Gasteiger partial charge is 0.480 e. The predicted octanol–water partition coefficient (Wildman–Crippen LogP) is 2.59. The number of aliphatic carboxylic acids is 1. The average Bonchev–Trinajstić information content (AvgIpc) is 3.32. The second-order valence-electron chi connectivity index (χ2n) is 7.18. The van der Waals surface area contributed by atoms with Crippen LogP contribution >= 0.6 is 0 Å². The van der Waals surface area contributed by atoms with E-state index >= 15 is 0 Å². The Bertz CT molecular complexity index is 989. The first-order valence-corrected chi connectivity index (χ1v) is 9.81. The quantitative estimate of drug-likeness (QED) is 0.605. The lowest BCUT2D eigenvalue weighted by Crippen LogP contribution is -2.50. The molecule has 1 unspecified atom stereocenters. The summed E-state index contributed by atoms with van der Waals surface area (Å²) >= 11 is 0. The third-order valence-electron chi connectivity index (χ3n) is 5.18. The van der Waals surface area contributed by atoms with Crippen LogP contribution in [0, 0.1) is 0 Å². The van der Waals surface area contributed by atoms with Crippen molar-refractivity contribution in [1.82, 2.24) is 15.2 Å². The molecule has 0 spiro atoms. The van der Waals surface area contributed by atoms with Gasteiger partial charge in [-0.05, 0) is 18.1 Å². The molecule has 1 fully saturated rings. The van der Waals surface area contributed by atoms with E-state index in [4.69, 9.17) is 0 Å². The van der Waals surface area contributed by atoms with Gasteiger partial charge in [0, 0.05) is 37.0 Å². The van der Waals surface area contributed by atoms with Gasteiger partial charge in [0.1, 0.15) is 12.1 Å². The Balaban J connectivity index is 0.000000367. The Morgan fingerprint density at radius 1 is 1.13 bits per heavy atom. The van der Waals surface area contributed by atoms with E-state index in [2.05, 4.69) is 10.3 Å². The number of aromatic nitrogens is 1. The number of aromatic amines is 1. The molecule has 4 rings (SSSR count). The number of H-pyrrole nitrogens is 1. The molecule has 156 valence electrons. The third-order valence-corrected chi connectivity index (χ3v) is 5.18. The van der Waals surface area contributed by atoms with Gasteiger partial charge in [0.2, 0.25) is 11.8 Å². The normalized spacial score (nSPS) is 16.6. The van der Waals surface area contributed by atoms with Crippen molar-refractivity contribution in [2.24, 2.45) is 0 Å². The maximum absolute atomic E-state index is 12.3. The van der Waals surface area contributed by atoms with E-state index < -0.39 is 24.0 Å². The van der Waals surface area contributed by atoms with Crippen molar-refractivity contribution in [3.05, 3.63) is 72.4 Å². The van der Waals surface area contributed by atoms with Gasteiger partial charge in [-0.1, -0.05) is 54.6 Å². The van der Waals surface area contributed by atoms with Crippen molar-refractivity contribution >= 4 is 28.7 Å². The molecule has 0 bridgehead atoms. The lowest BCUT2D eigenvalue weighted by molar-refractivity contribution is -0.142. The number of likely N-dealkylation sites (tertiary alicyclic amines) is 1. The number of carbonyl (C=O) groups excluding carboxylic acids is 2. The van der Waals surface area contributed by atoms with E-state index in [0.717, 1.165) is 16.5 Å². The second-order valence-corrected chi connectivity index (χ2v) is 7.18. The summed E-state index contributed by atoms with van der Waals surface area (Å²) in [5.74, 6) is -1.62. The van der Waals surface area contributed by atoms with Crippen LogP contribution in [0.2, 0.25) is 0 Å². The molecule has 30 heavy (non-hydrogen) atoms. The zero-order valence-electron chi connectivity index (χ0n) is 16.7. The summed E-state index contributed by atoms with van der Waals surface area (Å²) in [4.78, 5) is 39.9. The fraction of sp³-hybridized carbons (Fsp3) is 0.261. The third kappa shape index (κ3) is 5.05. The van der Waals surface area contributed by atoms with Crippen LogP contribution in [-0.4, -0.2) is 51.9 Å². The fourth-order valence-electron chi connectivity index (χ4n) is 3.48. The number of amides is 2. The molecular weight excluding hydrogens is 382 g/mol. The van der Waals surface area contributed by atoms with Gasteiger partial charge in [0.25, 0.3) is 0 Å². The number of carboxylic acid groups (broad SMARTS) is 1. The Kier molecular flexibility index (Phi) is 6.85. The van der Waals surface area contributed by atoms with Crippen LogP contribution in [0.1, 0.15) is 18.4 Å². The van der Waals surface area contributed by atoms with Gasteiger partial charge < -0.3 is 20.3 Å². The topological polar surface area (TPSA) is 103 Å². The first-order valence-electron chi connectivity index (χ1n) is 9.81. The summed E-state index contributed by atoms with van der Waals surface area (Å²) in [5, 5.41) is 13.0. The summed E-state index contributed by atoms with van der Waals surface area (Å²) < 4.78 is 0. The number of carboxylic acids is 1. The maximum atomic E-state index is 12.3. The summed E-state index contributed by atoms with van der Waals surface area (Å²) in [6.45, 7) is 0. The smallest absolute Gasteiger partial charge is 0.326 e. The van der Waals surface area contributed by atoms with Crippen molar-refractivity contribution in [3.63, 3.8) is 0 Å². The van der Waals surface area contributed by atoms with Gasteiger partial charge in [0.15, 0.2) is 0 Å². The van der Waals surface area contributed by atoms with Gasteiger partial charge in [-0.25, -0.2) is 4.79 Å². The van der Waals surface area contributed by atoms with E-state index in [1.165, 1.54) is 4.90 Å². The molecule has 3 N–H and O–H groups in total. The van der Waals surface area contributed by atoms with Crippen molar-refractivity contribution in [1.29, 1.82) is 0 Å². The van der Waals surface area contributed by atoms with Crippen LogP contribution in [0.5, 0.6) is 0 Å². The van der Waals surface area contributed by atoms with Gasteiger partial charge >= 0.3 is 5.97 Å². The number of hydrogen-bond acceptors (Lipinski definition) is 3. The van der Waals surface area contributed by atoms with Crippen LogP contribution in [0.15, 0.2) is 66.9 Å². The SMILES string of the molecule is CN1C(=O)CC[C@@H]1C(=O)NC(Cc1c[nH]c2ccccc12)C(=O)O.c1ccccc1. The summed E-state index contributed by atoms with van der Waals surface area (Å²) in [6, 6.07) is 18.0. The van der Waals surface area contributed by atoms with Crippen molar-refractivity contribution in [2.45, 2.75) is 31.3 Å². The predicted molar refractivity (Wildman–Crippen MR) is 114 cm³/mol. The van der Waals surface area contributed by atoms with E-state index in [0.29, 0.717) is 12.8 Å². The molecule has 1 aliphatic heterocycles. The minimum Gasteiger partial charge on any atom is -0.480 e. The van der Waals surface area contributed by atoms with Crippen LogP contribution < -0.4 is 5.32 Å². The van der Waals surface area contributed by atoms with Crippen LogP contribution in [0.3, 0.4) is 0 Å². The molecule has 7 heteroatoms. The van der Waals surface area contributed by atoms with Crippen molar-refractivity contribution in [3.8, 4) is 0 Å². The number of benzene rings is 2. The van der Waals surface area contributed by atoms with E-state index in [1.54, 1.807) is 13.2 Å². The van der Waals surface area contributed by atoms with Crippen LogP contribution in [0.25, 0.3) is 10.9 Å². The molecule has 1 saturated heterocycles. The Morgan fingerprint density at radius 3 is 2.33 bits per heavy atom. The number of para-hydroxylation sites is 1. The highest BCUT2D eigenvalue weighted by Gasteiger charge is 2.35. The van der Waals surface area contributed by atoms with Gasteiger partial charge in [-0.3, -0.25) is 9.59 Å². The number of fused-ring (bicyclic) bond motifs is 1. The molecule has 2 heterocycles. The molecule has 0 radical (unpaired) electrons. The summed E-state index contributed by atoms with van der Waals surface area (Å²) in [6.07, 6.45) is 2.67. The van der Waals surface area contributed by atoms with Crippen molar-refractivity contribution < 1.29 is 19.5 Å². The molecule has 0 saturated carbocycles. The fourth-order valence-corrected chi connectivity index (χ4v) is 3.48. The number of rotatable bonds is 5. The van der Waals surface area contributed by atoms with E-state index in [9.17, 15) is 19.5 Å². The zero-order valence-corrected chi connectivity index (χ0v) is 16.7. The number of likely N-dealkylation sites (N-methyl/N-ethyl adjacent to an activating group) is 1. The first kappa shape index (κ1) is 21.1. The molecule has 3 aromatic rings. The highest BCUT2D eigenvalue weighted by atomic mass is 16.4. The minimum absolute atomic E-state index is 0.0985.